The van der Waals surface area contributed by atoms with Crippen LogP contribution in [0.2, 0.25) is 0 Å². The molecule has 0 aliphatic heterocycles. The number of hydrogen-bond donors (Lipinski definition) is 0. The first-order chi connectivity index (χ1) is 28.3. The van der Waals surface area contributed by atoms with Gasteiger partial charge in [-0.2, -0.15) is 0 Å². The Morgan fingerprint density at radius 2 is 1.05 bits per heavy atom. The van der Waals surface area contributed by atoms with E-state index in [2.05, 4.69) is 156 Å². The molecule has 0 bridgehead atoms. The van der Waals surface area contributed by atoms with Crippen molar-refractivity contribution >= 4 is 75.3 Å². The van der Waals surface area contributed by atoms with E-state index in [-0.39, 0.29) is 0 Å². The Bertz CT molecular complexity index is 3530. The van der Waals surface area contributed by atoms with Gasteiger partial charge in [0.05, 0.1) is 11.0 Å². The molecule has 5 nitrogen and oxygen atoms in total. The predicted molar refractivity (Wildman–Crippen MR) is 236 cm³/mol. The second-order valence-corrected chi connectivity index (χ2v) is 15.4. The molecule has 12 rings (SSSR count). The van der Waals surface area contributed by atoms with E-state index in [9.17, 15) is 0 Å². The molecule has 0 radical (unpaired) electrons. The van der Waals surface area contributed by atoms with Crippen LogP contribution in [0.25, 0.3) is 115 Å². The predicted octanol–water partition coefficient (Wildman–Crippen LogP) is 13.9. The third kappa shape index (κ3) is 4.98. The first-order valence-electron chi connectivity index (χ1n) is 19.0. The molecule has 6 heteroatoms. The van der Waals surface area contributed by atoms with E-state index >= 15 is 0 Å². The average molecular weight is 747 g/mol. The van der Waals surface area contributed by atoms with Crippen LogP contribution < -0.4 is 0 Å². The number of para-hydroxylation sites is 3. The monoisotopic (exact) mass is 746 g/mol. The Morgan fingerprint density at radius 1 is 0.421 bits per heavy atom. The Balaban J connectivity index is 1.06. The summed E-state index contributed by atoms with van der Waals surface area (Å²) >= 11 is 1.78. The zero-order valence-corrected chi connectivity index (χ0v) is 31.2. The Labute approximate surface area is 330 Å². The van der Waals surface area contributed by atoms with Crippen molar-refractivity contribution in [1.29, 1.82) is 0 Å². The minimum atomic E-state index is 0.603. The molecular formula is C51H30N4OS. The van der Waals surface area contributed by atoms with Gasteiger partial charge in [0, 0.05) is 69.7 Å². The van der Waals surface area contributed by atoms with Crippen LogP contribution in [-0.2, 0) is 0 Å². The van der Waals surface area contributed by atoms with E-state index < -0.39 is 0 Å². The summed E-state index contributed by atoms with van der Waals surface area (Å²) in [6.45, 7) is 0. The van der Waals surface area contributed by atoms with Gasteiger partial charge < -0.3 is 8.98 Å². The quantitative estimate of drug-likeness (QED) is 0.176. The molecule has 0 atom stereocenters. The fourth-order valence-electron chi connectivity index (χ4n) is 8.51. The van der Waals surface area contributed by atoms with Crippen molar-refractivity contribution in [2.45, 2.75) is 0 Å². The van der Waals surface area contributed by atoms with E-state index in [1.54, 1.807) is 11.3 Å². The normalized spacial score (nSPS) is 11.9. The van der Waals surface area contributed by atoms with E-state index in [0.29, 0.717) is 17.5 Å². The number of thiophene rings is 1. The van der Waals surface area contributed by atoms with Crippen LogP contribution in [0.1, 0.15) is 0 Å². The summed E-state index contributed by atoms with van der Waals surface area (Å²) in [5, 5.41) is 6.84. The van der Waals surface area contributed by atoms with Crippen molar-refractivity contribution in [2.24, 2.45) is 0 Å². The molecule has 12 aromatic rings. The van der Waals surface area contributed by atoms with Crippen LogP contribution in [0.4, 0.5) is 0 Å². The van der Waals surface area contributed by atoms with Crippen LogP contribution in [0, 0.1) is 0 Å². The van der Waals surface area contributed by atoms with Crippen molar-refractivity contribution in [3.8, 4) is 51.0 Å². The Hall–Kier alpha value is -7.41. The van der Waals surface area contributed by atoms with Crippen LogP contribution in [0.5, 0.6) is 0 Å². The van der Waals surface area contributed by atoms with Gasteiger partial charge in [-0.05, 0) is 54.1 Å². The number of rotatable bonds is 5. The van der Waals surface area contributed by atoms with Gasteiger partial charge in [0.2, 0.25) is 0 Å². The van der Waals surface area contributed by atoms with Gasteiger partial charge >= 0.3 is 0 Å². The lowest BCUT2D eigenvalue weighted by atomic mass is 9.99. The van der Waals surface area contributed by atoms with E-state index in [4.69, 9.17) is 19.4 Å². The van der Waals surface area contributed by atoms with Gasteiger partial charge in [0.15, 0.2) is 17.5 Å². The van der Waals surface area contributed by atoms with Crippen molar-refractivity contribution in [2.75, 3.05) is 0 Å². The molecule has 4 heterocycles. The second kappa shape index (κ2) is 12.6. The van der Waals surface area contributed by atoms with Crippen LogP contribution in [0.3, 0.4) is 0 Å². The Kier molecular flexibility index (Phi) is 7.03. The van der Waals surface area contributed by atoms with Gasteiger partial charge in [-0.25, -0.2) is 15.0 Å². The smallest absolute Gasteiger partial charge is 0.165 e. The molecule has 0 saturated heterocycles. The zero-order chi connectivity index (χ0) is 37.5. The molecule has 8 aromatic carbocycles. The average Bonchev–Trinajstić information content (AvgIpc) is 3.96. The lowest BCUT2D eigenvalue weighted by Gasteiger charge is -2.10. The van der Waals surface area contributed by atoms with E-state index in [0.717, 1.165) is 65.7 Å². The fraction of sp³-hybridized carbons (Fsp3) is 0. The molecule has 57 heavy (non-hydrogen) atoms. The lowest BCUT2D eigenvalue weighted by molar-refractivity contribution is 0.670. The summed E-state index contributed by atoms with van der Waals surface area (Å²) in [5.74, 6) is 1.87. The third-order valence-corrected chi connectivity index (χ3v) is 12.3. The highest BCUT2D eigenvalue weighted by molar-refractivity contribution is 7.26. The number of fused-ring (bicyclic) bond motifs is 9. The maximum atomic E-state index is 6.82. The summed E-state index contributed by atoms with van der Waals surface area (Å²) < 4.78 is 11.6. The SMILES string of the molecule is c1ccc(-c2nc(-c3cccc4c3sc3ccccc34)nc(-c3cccc4oc5c(-c6ccc7c(c6)c6ccccc6n7-c6ccccc6)cccc5c34)n2)cc1. The number of aromatic nitrogens is 4. The number of nitrogens with zero attached hydrogens (tertiary/aromatic N) is 4. The highest BCUT2D eigenvalue weighted by Gasteiger charge is 2.21. The molecule has 0 spiro atoms. The van der Waals surface area contributed by atoms with Gasteiger partial charge in [-0.15, -0.1) is 11.3 Å². The topological polar surface area (TPSA) is 56.7 Å². The molecule has 0 amide bonds. The van der Waals surface area contributed by atoms with Crippen molar-refractivity contribution < 1.29 is 4.42 Å². The van der Waals surface area contributed by atoms with Gasteiger partial charge in [-0.1, -0.05) is 133 Å². The van der Waals surface area contributed by atoms with Crippen molar-refractivity contribution in [1.82, 2.24) is 19.5 Å². The fourth-order valence-corrected chi connectivity index (χ4v) is 9.73. The molecule has 4 aromatic heterocycles. The molecule has 0 fully saturated rings. The van der Waals surface area contributed by atoms with E-state index in [1.165, 1.54) is 31.8 Å². The molecule has 0 aliphatic carbocycles. The first kappa shape index (κ1) is 31.9. The largest absolute Gasteiger partial charge is 0.455 e. The molecule has 0 saturated carbocycles. The van der Waals surface area contributed by atoms with Crippen molar-refractivity contribution in [3.05, 3.63) is 182 Å². The molecule has 0 aliphatic rings. The standard InChI is InChI=1S/C51H30N4OS/c1-3-14-31(15-4-1)49-52-50(54-51(53-49)40-24-12-21-37-36-19-8-10-27-45(36)57-48(37)40)39-23-13-26-44-46(39)38-22-11-20-34(47(38)56-44)32-28-29-43-41(30-32)35-18-7-9-25-42(35)55(43)33-16-5-2-6-17-33/h1-30H. The molecule has 266 valence electrons. The van der Waals surface area contributed by atoms with Gasteiger partial charge in [-0.3, -0.25) is 0 Å². The minimum Gasteiger partial charge on any atom is -0.455 e. The van der Waals surface area contributed by atoms with E-state index in [1.807, 2.05) is 30.3 Å². The van der Waals surface area contributed by atoms with Gasteiger partial charge in [0.1, 0.15) is 11.2 Å². The second-order valence-electron chi connectivity index (χ2n) is 14.3. The third-order valence-electron chi connectivity index (χ3n) is 11.1. The van der Waals surface area contributed by atoms with Crippen LogP contribution in [-0.4, -0.2) is 19.5 Å². The maximum Gasteiger partial charge on any atom is 0.165 e. The minimum absolute atomic E-state index is 0.603. The Morgan fingerprint density at radius 3 is 1.91 bits per heavy atom. The molecular weight excluding hydrogens is 717 g/mol. The van der Waals surface area contributed by atoms with Crippen LogP contribution in [0.15, 0.2) is 186 Å². The first-order valence-corrected chi connectivity index (χ1v) is 19.8. The number of furan rings is 1. The summed E-state index contributed by atoms with van der Waals surface area (Å²) in [4.78, 5) is 15.6. The van der Waals surface area contributed by atoms with Gasteiger partial charge in [0.25, 0.3) is 0 Å². The summed E-state index contributed by atoms with van der Waals surface area (Å²) in [6.07, 6.45) is 0. The number of benzene rings is 8. The number of hydrogen-bond acceptors (Lipinski definition) is 5. The highest BCUT2D eigenvalue weighted by atomic mass is 32.1. The zero-order valence-electron chi connectivity index (χ0n) is 30.4. The summed E-state index contributed by atoms with van der Waals surface area (Å²) in [6, 6.07) is 63.7. The van der Waals surface area contributed by atoms with Crippen LogP contribution >= 0.6 is 11.3 Å². The maximum absolute atomic E-state index is 6.82. The molecule has 0 unspecified atom stereocenters. The summed E-state index contributed by atoms with van der Waals surface area (Å²) in [7, 11) is 0. The van der Waals surface area contributed by atoms with Crippen molar-refractivity contribution in [3.63, 3.8) is 0 Å². The highest BCUT2D eigenvalue weighted by Crippen LogP contribution is 2.43. The summed E-state index contributed by atoms with van der Waals surface area (Å²) in [5.41, 5.74) is 10.0. The lowest BCUT2D eigenvalue weighted by Crippen LogP contribution is -2.00. The molecule has 0 N–H and O–H groups in total.